The standard InChI is InChI=1S/C15H18N4O/c16-14-12-3-6-18-9-11(12)1-2-13(14)19-7-4-10(5-8-19)15(17)20/h1-3,6,9-10H,4-5,7-8,16H2,(H2,17,20). The van der Waals surface area contributed by atoms with Crippen molar-refractivity contribution in [2.45, 2.75) is 12.8 Å². The number of nitrogen functional groups attached to an aromatic ring is 1. The van der Waals surface area contributed by atoms with E-state index in [1.165, 1.54) is 0 Å². The van der Waals surface area contributed by atoms with Crippen LogP contribution in [0.1, 0.15) is 12.8 Å². The molecule has 1 saturated heterocycles. The fourth-order valence-corrected chi connectivity index (χ4v) is 2.86. The smallest absolute Gasteiger partial charge is 0.220 e. The van der Waals surface area contributed by atoms with Crippen LogP contribution in [0.15, 0.2) is 30.6 Å². The van der Waals surface area contributed by atoms with Gasteiger partial charge in [0.1, 0.15) is 0 Å². The number of carbonyl (C=O) groups is 1. The first-order valence-electron chi connectivity index (χ1n) is 6.83. The summed E-state index contributed by atoms with van der Waals surface area (Å²) in [7, 11) is 0. The molecule has 0 saturated carbocycles. The lowest BCUT2D eigenvalue weighted by Crippen LogP contribution is -2.38. The van der Waals surface area contributed by atoms with Crippen LogP contribution >= 0.6 is 0 Å². The van der Waals surface area contributed by atoms with Crippen molar-refractivity contribution in [3.63, 3.8) is 0 Å². The number of amides is 1. The average Bonchev–Trinajstić information content (AvgIpc) is 2.48. The number of hydrogen-bond acceptors (Lipinski definition) is 4. The van der Waals surface area contributed by atoms with Gasteiger partial charge in [-0.1, -0.05) is 6.07 Å². The molecule has 5 nitrogen and oxygen atoms in total. The lowest BCUT2D eigenvalue weighted by molar-refractivity contribution is -0.122. The number of rotatable bonds is 2. The molecule has 3 rings (SSSR count). The number of nitrogens with zero attached hydrogens (tertiary/aromatic N) is 2. The summed E-state index contributed by atoms with van der Waals surface area (Å²) >= 11 is 0. The maximum absolute atomic E-state index is 11.2. The Labute approximate surface area is 117 Å². The third-order valence-corrected chi connectivity index (χ3v) is 4.08. The van der Waals surface area contributed by atoms with Gasteiger partial charge >= 0.3 is 0 Å². The number of aromatic nitrogens is 1. The van der Waals surface area contributed by atoms with Gasteiger partial charge in [-0.2, -0.15) is 0 Å². The molecule has 1 aromatic carbocycles. The second-order valence-corrected chi connectivity index (χ2v) is 5.26. The zero-order valence-corrected chi connectivity index (χ0v) is 11.2. The Morgan fingerprint density at radius 3 is 2.70 bits per heavy atom. The summed E-state index contributed by atoms with van der Waals surface area (Å²) in [6.45, 7) is 1.63. The number of pyridine rings is 1. The first-order chi connectivity index (χ1) is 9.66. The number of fused-ring (bicyclic) bond motifs is 1. The quantitative estimate of drug-likeness (QED) is 0.810. The summed E-state index contributed by atoms with van der Waals surface area (Å²) in [5.41, 5.74) is 13.5. The van der Waals surface area contributed by atoms with Gasteiger partial charge in [0.2, 0.25) is 5.91 Å². The molecule has 1 aromatic heterocycles. The van der Waals surface area contributed by atoms with Crippen LogP contribution < -0.4 is 16.4 Å². The first kappa shape index (κ1) is 12.7. The van der Waals surface area contributed by atoms with E-state index in [1.807, 2.05) is 24.4 Å². The van der Waals surface area contributed by atoms with Gasteiger partial charge < -0.3 is 16.4 Å². The Bertz CT molecular complexity index is 647. The molecule has 0 atom stereocenters. The molecule has 0 unspecified atom stereocenters. The minimum Gasteiger partial charge on any atom is -0.397 e. The third kappa shape index (κ3) is 2.15. The molecule has 0 spiro atoms. The average molecular weight is 270 g/mol. The van der Waals surface area contributed by atoms with Gasteiger partial charge in [0.25, 0.3) is 0 Å². The second-order valence-electron chi connectivity index (χ2n) is 5.26. The van der Waals surface area contributed by atoms with Crippen molar-refractivity contribution in [2.24, 2.45) is 11.7 Å². The van der Waals surface area contributed by atoms with Gasteiger partial charge in [-0.15, -0.1) is 0 Å². The fourth-order valence-electron chi connectivity index (χ4n) is 2.86. The van der Waals surface area contributed by atoms with Crippen molar-refractivity contribution in [2.75, 3.05) is 23.7 Å². The number of piperidine rings is 1. The van der Waals surface area contributed by atoms with E-state index in [0.717, 1.165) is 48.1 Å². The molecule has 104 valence electrons. The summed E-state index contributed by atoms with van der Waals surface area (Å²) < 4.78 is 0. The lowest BCUT2D eigenvalue weighted by Gasteiger charge is -2.33. The van der Waals surface area contributed by atoms with Crippen molar-refractivity contribution >= 4 is 28.1 Å². The Hall–Kier alpha value is -2.30. The van der Waals surface area contributed by atoms with E-state index in [4.69, 9.17) is 11.5 Å². The van der Waals surface area contributed by atoms with Crippen molar-refractivity contribution in [3.05, 3.63) is 30.6 Å². The number of nitrogens with two attached hydrogens (primary N) is 2. The molecule has 1 fully saturated rings. The molecule has 2 heterocycles. The topological polar surface area (TPSA) is 85.2 Å². The summed E-state index contributed by atoms with van der Waals surface area (Å²) in [5, 5.41) is 2.07. The van der Waals surface area contributed by atoms with E-state index in [0.29, 0.717) is 0 Å². The van der Waals surface area contributed by atoms with E-state index in [2.05, 4.69) is 9.88 Å². The molecule has 0 aliphatic carbocycles. The first-order valence-corrected chi connectivity index (χ1v) is 6.83. The number of benzene rings is 1. The molecular weight excluding hydrogens is 252 g/mol. The van der Waals surface area contributed by atoms with Crippen LogP contribution in [0, 0.1) is 5.92 Å². The van der Waals surface area contributed by atoms with Crippen molar-refractivity contribution in [3.8, 4) is 0 Å². The van der Waals surface area contributed by atoms with E-state index in [1.54, 1.807) is 6.20 Å². The molecule has 4 N–H and O–H groups in total. The van der Waals surface area contributed by atoms with E-state index < -0.39 is 0 Å². The molecule has 1 amide bonds. The van der Waals surface area contributed by atoms with Crippen LogP contribution in [0.5, 0.6) is 0 Å². The molecule has 0 bridgehead atoms. The SMILES string of the molecule is NC(=O)C1CCN(c2ccc3cnccc3c2N)CC1. The molecular formula is C15H18N4O. The van der Waals surface area contributed by atoms with Gasteiger partial charge in [0.05, 0.1) is 11.4 Å². The van der Waals surface area contributed by atoms with Gasteiger partial charge in [0.15, 0.2) is 0 Å². The van der Waals surface area contributed by atoms with Crippen molar-refractivity contribution in [1.29, 1.82) is 0 Å². The number of primary amides is 1. The normalized spacial score (nSPS) is 16.5. The predicted molar refractivity (Wildman–Crippen MR) is 80.3 cm³/mol. The van der Waals surface area contributed by atoms with Crippen LogP contribution in [0.3, 0.4) is 0 Å². The van der Waals surface area contributed by atoms with Crippen molar-refractivity contribution < 1.29 is 4.79 Å². The summed E-state index contributed by atoms with van der Waals surface area (Å²) in [6.07, 6.45) is 5.16. The maximum atomic E-state index is 11.2. The van der Waals surface area contributed by atoms with Gasteiger partial charge in [-0.05, 0) is 25.0 Å². The highest BCUT2D eigenvalue weighted by Crippen LogP contribution is 2.33. The third-order valence-electron chi connectivity index (χ3n) is 4.08. The highest BCUT2D eigenvalue weighted by molar-refractivity contribution is 5.98. The van der Waals surface area contributed by atoms with Crippen LogP contribution in [-0.4, -0.2) is 24.0 Å². The van der Waals surface area contributed by atoms with Gasteiger partial charge in [-0.25, -0.2) is 0 Å². The second kappa shape index (κ2) is 5.00. The predicted octanol–water partition coefficient (Wildman–Crippen LogP) is 1.52. The molecule has 5 heteroatoms. The maximum Gasteiger partial charge on any atom is 0.220 e. The van der Waals surface area contributed by atoms with E-state index in [9.17, 15) is 4.79 Å². The number of hydrogen-bond donors (Lipinski definition) is 2. The highest BCUT2D eigenvalue weighted by Gasteiger charge is 2.24. The lowest BCUT2D eigenvalue weighted by atomic mass is 9.95. The van der Waals surface area contributed by atoms with Gasteiger partial charge in [-0.3, -0.25) is 9.78 Å². The monoisotopic (exact) mass is 270 g/mol. The molecule has 1 aliphatic rings. The summed E-state index contributed by atoms with van der Waals surface area (Å²) in [5.74, 6) is -0.195. The minimum absolute atomic E-state index is 0.00266. The van der Waals surface area contributed by atoms with E-state index in [-0.39, 0.29) is 11.8 Å². The molecule has 0 radical (unpaired) electrons. The Morgan fingerprint density at radius 2 is 2.00 bits per heavy atom. The fraction of sp³-hybridized carbons (Fsp3) is 0.333. The Balaban J connectivity index is 1.88. The molecule has 2 aromatic rings. The zero-order chi connectivity index (χ0) is 14.1. The van der Waals surface area contributed by atoms with Crippen molar-refractivity contribution in [1.82, 2.24) is 4.98 Å². The highest BCUT2D eigenvalue weighted by atomic mass is 16.1. The minimum atomic E-state index is -0.192. The Kier molecular flexibility index (Phi) is 3.18. The zero-order valence-electron chi connectivity index (χ0n) is 11.2. The van der Waals surface area contributed by atoms with Crippen LogP contribution in [0.4, 0.5) is 11.4 Å². The summed E-state index contributed by atoms with van der Waals surface area (Å²) in [4.78, 5) is 17.5. The number of anilines is 2. The number of carbonyl (C=O) groups excluding carboxylic acids is 1. The van der Waals surface area contributed by atoms with Crippen LogP contribution in [0.25, 0.3) is 10.8 Å². The van der Waals surface area contributed by atoms with E-state index >= 15 is 0 Å². The Morgan fingerprint density at radius 1 is 1.25 bits per heavy atom. The molecule has 1 aliphatic heterocycles. The largest absolute Gasteiger partial charge is 0.397 e. The van der Waals surface area contributed by atoms with Crippen LogP contribution in [0.2, 0.25) is 0 Å². The van der Waals surface area contributed by atoms with Gasteiger partial charge in [0, 0.05) is 42.2 Å². The molecule has 20 heavy (non-hydrogen) atoms. The van der Waals surface area contributed by atoms with Crippen LogP contribution in [-0.2, 0) is 4.79 Å². The summed E-state index contributed by atoms with van der Waals surface area (Å²) in [6, 6.07) is 6.00.